The van der Waals surface area contributed by atoms with Gasteiger partial charge in [0.15, 0.2) is 0 Å². The van der Waals surface area contributed by atoms with E-state index in [4.69, 9.17) is 4.74 Å². The molecule has 0 saturated carbocycles. The molecule has 17 heavy (non-hydrogen) atoms. The molecule has 0 amide bonds. The average molecular weight is 316 g/mol. The van der Waals surface area contributed by atoms with E-state index in [0.717, 1.165) is 4.47 Å². The van der Waals surface area contributed by atoms with Crippen molar-refractivity contribution in [3.63, 3.8) is 0 Å². The quantitative estimate of drug-likeness (QED) is 0.910. The highest BCUT2D eigenvalue weighted by Crippen LogP contribution is 2.28. The van der Waals surface area contributed by atoms with Crippen molar-refractivity contribution in [1.29, 1.82) is 0 Å². The Morgan fingerprint density at radius 3 is 3.12 bits per heavy atom. The van der Waals surface area contributed by atoms with Gasteiger partial charge in [-0.1, -0.05) is 22.0 Å². The molecule has 1 saturated heterocycles. The number of thioether (sulfide) groups is 1. The molecule has 1 unspecified atom stereocenters. The van der Waals surface area contributed by atoms with Gasteiger partial charge in [-0.15, -0.1) is 0 Å². The van der Waals surface area contributed by atoms with E-state index >= 15 is 0 Å². The van der Waals surface area contributed by atoms with E-state index in [-0.39, 0.29) is 0 Å². The fourth-order valence-electron chi connectivity index (χ4n) is 2.06. The smallest absolute Gasteiger partial charge is 0.0744 e. The molecule has 0 spiro atoms. The topological polar surface area (TPSA) is 21.3 Å². The Morgan fingerprint density at radius 1 is 1.53 bits per heavy atom. The molecular formula is C13H18BrNOS. The molecule has 1 heterocycles. The first kappa shape index (κ1) is 13.2. The number of halogens is 1. The van der Waals surface area contributed by atoms with Crippen LogP contribution in [0.1, 0.15) is 18.4 Å². The van der Waals surface area contributed by atoms with E-state index in [0.29, 0.717) is 12.6 Å². The summed E-state index contributed by atoms with van der Waals surface area (Å²) in [6.07, 6.45) is 2.59. The highest BCUT2D eigenvalue weighted by atomic mass is 79.9. The Hall–Kier alpha value is -0.190. The predicted molar refractivity (Wildman–Crippen MR) is 78.8 cm³/mol. The van der Waals surface area contributed by atoms with E-state index in [1.807, 2.05) is 11.8 Å². The number of methoxy groups -OCH3 is 1. The lowest BCUT2D eigenvalue weighted by atomic mass is 10.1. The third kappa shape index (κ3) is 3.63. The Balaban J connectivity index is 2.10. The predicted octanol–water partition coefficient (Wildman–Crippen LogP) is 3.90. The van der Waals surface area contributed by atoms with E-state index in [1.165, 1.54) is 35.6 Å². The molecule has 1 atom stereocenters. The molecule has 1 aromatic carbocycles. The van der Waals surface area contributed by atoms with Crippen molar-refractivity contribution >= 4 is 33.4 Å². The van der Waals surface area contributed by atoms with Crippen molar-refractivity contribution in [2.24, 2.45) is 0 Å². The van der Waals surface area contributed by atoms with Gasteiger partial charge in [0.05, 0.1) is 6.61 Å². The molecule has 0 aromatic heterocycles. The van der Waals surface area contributed by atoms with Crippen LogP contribution in [0.15, 0.2) is 22.7 Å². The summed E-state index contributed by atoms with van der Waals surface area (Å²) in [6, 6.07) is 6.87. The molecule has 2 nitrogen and oxygen atoms in total. The van der Waals surface area contributed by atoms with Gasteiger partial charge in [0, 0.05) is 34.6 Å². The molecule has 1 aliphatic heterocycles. The summed E-state index contributed by atoms with van der Waals surface area (Å²) in [7, 11) is 1.74. The van der Waals surface area contributed by atoms with E-state index < -0.39 is 0 Å². The van der Waals surface area contributed by atoms with Crippen molar-refractivity contribution in [2.75, 3.05) is 23.9 Å². The normalized spacial score (nSPS) is 20.2. The minimum Gasteiger partial charge on any atom is -0.381 e. The molecule has 1 fully saturated rings. The lowest BCUT2D eigenvalue weighted by Crippen LogP contribution is -2.26. The summed E-state index contributed by atoms with van der Waals surface area (Å²) >= 11 is 5.63. The Bertz CT molecular complexity index is 366. The summed E-state index contributed by atoms with van der Waals surface area (Å²) in [5.74, 6) is 2.51. The number of benzene rings is 1. The lowest BCUT2D eigenvalue weighted by molar-refractivity contribution is 0.185. The fraction of sp³-hybridized carbons (Fsp3) is 0.538. The minimum absolute atomic E-state index is 0.596. The third-order valence-corrected chi connectivity index (χ3v) is 4.89. The summed E-state index contributed by atoms with van der Waals surface area (Å²) in [6.45, 7) is 0.642. The van der Waals surface area contributed by atoms with Crippen LogP contribution in [-0.2, 0) is 11.3 Å². The maximum atomic E-state index is 5.26. The second-order valence-electron chi connectivity index (χ2n) is 4.26. The number of nitrogens with one attached hydrogen (secondary N) is 1. The van der Waals surface area contributed by atoms with Crippen LogP contribution in [0, 0.1) is 0 Å². The van der Waals surface area contributed by atoms with E-state index in [9.17, 15) is 0 Å². The van der Waals surface area contributed by atoms with Crippen molar-refractivity contribution in [3.8, 4) is 0 Å². The third-order valence-electron chi connectivity index (χ3n) is 2.93. The van der Waals surface area contributed by atoms with Crippen LogP contribution in [0.25, 0.3) is 0 Å². The average Bonchev–Trinajstić information content (AvgIpc) is 2.35. The molecule has 0 aliphatic carbocycles. The molecule has 1 aromatic rings. The molecule has 2 rings (SSSR count). The summed E-state index contributed by atoms with van der Waals surface area (Å²) in [4.78, 5) is 0. The highest BCUT2D eigenvalue weighted by molar-refractivity contribution is 9.10. The van der Waals surface area contributed by atoms with Crippen molar-refractivity contribution in [3.05, 3.63) is 28.2 Å². The molecular weight excluding hydrogens is 298 g/mol. The maximum Gasteiger partial charge on any atom is 0.0744 e. The minimum atomic E-state index is 0.596. The van der Waals surface area contributed by atoms with Crippen LogP contribution < -0.4 is 5.32 Å². The SMILES string of the molecule is COCc1c(Br)cccc1NC1CCCSC1. The zero-order valence-electron chi connectivity index (χ0n) is 10.0. The second-order valence-corrected chi connectivity index (χ2v) is 6.26. The van der Waals surface area contributed by atoms with Crippen molar-refractivity contribution in [1.82, 2.24) is 0 Å². The summed E-state index contributed by atoms with van der Waals surface area (Å²) in [5.41, 5.74) is 2.42. The largest absolute Gasteiger partial charge is 0.381 e. The van der Waals surface area contributed by atoms with Gasteiger partial charge in [-0.2, -0.15) is 11.8 Å². The Kier molecular flexibility index (Phi) is 5.19. The van der Waals surface area contributed by atoms with Crippen LogP contribution in [0.4, 0.5) is 5.69 Å². The number of rotatable bonds is 4. The molecule has 94 valence electrons. The summed E-state index contributed by atoms with van der Waals surface area (Å²) < 4.78 is 6.38. The Morgan fingerprint density at radius 2 is 2.41 bits per heavy atom. The zero-order valence-corrected chi connectivity index (χ0v) is 12.4. The van der Waals surface area contributed by atoms with Gasteiger partial charge in [0.2, 0.25) is 0 Å². The first-order chi connectivity index (χ1) is 8.31. The zero-order chi connectivity index (χ0) is 12.1. The van der Waals surface area contributed by atoms with Crippen LogP contribution >= 0.6 is 27.7 Å². The van der Waals surface area contributed by atoms with Crippen molar-refractivity contribution < 1.29 is 4.74 Å². The van der Waals surface area contributed by atoms with Gasteiger partial charge in [-0.05, 0) is 30.7 Å². The van der Waals surface area contributed by atoms with Gasteiger partial charge < -0.3 is 10.1 Å². The highest BCUT2D eigenvalue weighted by Gasteiger charge is 2.15. The van der Waals surface area contributed by atoms with Gasteiger partial charge in [-0.3, -0.25) is 0 Å². The maximum absolute atomic E-state index is 5.26. The Labute approximate surface area is 116 Å². The number of ether oxygens (including phenoxy) is 1. The lowest BCUT2D eigenvalue weighted by Gasteiger charge is -2.25. The molecule has 0 radical (unpaired) electrons. The number of anilines is 1. The van der Waals surface area contributed by atoms with Gasteiger partial charge in [-0.25, -0.2) is 0 Å². The van der Waals surface area contributed by atoms with E-state index in [1.54, 1.807) is 7.11 Å². The van der Waals surface area contributed by atoms with Gasteiger partial charge in [0.1, 0.15) is 0 Å². The molecule has 4 heteroatoms. The van der Waals surface area contributed by atoms with E-state index in [2.05, 4.69) is 39.4 Å². The first-order valence-electron chi connectivity index (χ1n) is 5.92. The van der Waals surface area contributed by atoms with Crippen molar-refractivity contribution in [2.45, 2.75) is 25.5 Å². The van der Waals surface area contributed by atoms with Crippen LogP contribution in [0.3, 0.4) is 0 Å². The monoisotopic (exact) mass is 315 g/mol. The molecule has 1 N–H and O–H groups in total. The standard InChI is InChI=1S/C13H18BrNOS/c1-16-8-11-12(14)5-2-6-13(11)15-10-4-3-7-17-9-10/h2,5-6,10,15H,3-4,7-9H2,1H3. The van der Waals surface area contributed by atoms with Crippen LogP contribution in [0.2, 0.25) is 0 Å². The van der Waals surface area contributed by atoms with Gasteiger partial charge >= 0.3 is 0 Å². The fourth-order valence-corrected chi connectivity index (χ4v) is 3.61. The molecule has 1 aliphatic rings. The van der Waals surface area contributed by atoms with Crippen LogP contribution in [-0.4, -0.2) is 24.7 Å². The number of hydrogen-bond acceptors (Lipinski definition) is 3. The van der Waals surface area contributed by atoms with Gasteiger partial charge in [0.25, 0.3) is 0 Å². The summed E-state index contributed by atoms with van der Waals surface area (Å²) in [5, 5.41) is 3.64. The second kappa shape index (κ2) is 6.66. The number of hydrogen-bond donors (Lipinski definition) is 1. The first-order valence-corrected chi connectivity index (χ1v) is 7.86. The molecule has 0 bridgehead atoms. The van der Waals surface area contributed by atoms with Crippen LogP contribution in [0.5, 0.6) is 0 Å².